The normalized spacial score (nSPS) is 14.1. The zero-order valence-corrected chi connectivity index (χ0v) is 15.7. The number of fused-ring (bicyclic) bond motifs is 1. The van der Waals surface area contributed by atoms with Crippen molar-refractivity contribution in [2.75, 3.05) is 29.5 Å². The maximum Gasteiger partial charge on any atom is 0.233 e. The predicted octanol–water partition coefficient (Wildman–Crippen LogP) is 2.59. The number of benzene rings is 2. The molecule has 0 saturated carbocycles. The van der Waals surface area contributed by atoms with Crippen LogP contribution in [0.2, 0.25) is 0 Å². The van der Waals surface area contributed by atoms with E-state index in [2.05, 4.69) is 4.72 Å². The van der Waals surface area contributed by atoms with Crippen LogP contribution in [0.15, 0.2) is 42.5 Å². The van der Waals surface area contributed by atoms with Gasteiger partial charge in [-0.25, -0.2) is 8.42 Å². The van der Waals surface area contributed by atoms with Crippen molar-refractivity contribution in [2.45, 2.75) is 19.3 Å². The van der Waals surface area contributed by atoms with Gasteiger partial charge in [0.15, 0.2) is 0 Å². The summed E-state index contributed by atoms with van der Waals surface area (Å²) in [6.45, 7) is 0. The molecule has 2 aromatic carbocycles. The molecule has 3 rings (SSSR count). The Bertz CT molecular complexity index is 908. The predicted molar refractivity (Wildman–Crippen MR) is 102 cm³/mol. The highest BCUT2D eigenvalue weighted by molar-refractivity contribution is 7.92. The molecule has 0 spiro atoms. The highest BCUT2D eigenvalue weighted by atomic mass is 32.2. The number of rotatable bonds is 6. The summed E-state index contributed by atoms with van der Waals surface area (Å²) in [5.41, 5.74) is 3.27. The summed E-state index contributed by atoms with van der Waals surface area (Å²) in [5.74, 6) is 0.812. The molecule has 1 heterocycles. The van der Waals surface area contributed by atoms with E-state index in [0.29, 0.717) is 24.9 Å². The van der Waals surface area contributed by atoms with Gasteiger partial charge in [0.05, 0.1) is 12.9 Å². The van der Waals surface area contributed by atoms with Gasteiger partial charge >= 0.3 is 0 Å². The van der Waals surface area contributed by atoms with Gasteiger partial charge < -0.3 is 9.64 Å². The van der Waals surface area contributed by atoms with E-state index in [4.69, 9.17) is 4.74 Å². The number of nitrogens with one attached hydrogen (secondary N) is 1. The minimum Gasteiger partial charge on any atom is -0.497 e. The molecule has 0 fully saturated rings. The zero-order valence-electron chi connectivity index (χ0n) is 14.9. The molecule has 1 amide bonds. The number of hydrogen-bond acceptors (Lipinski definition) is 4. The molecular weight excluding hydrogens is 352 g/mol. The van der Waals surface area contributed by atoms with Gasteiger partial charge in [-0.05, 0) is 54.3 Å². The summed E-state index contributed by atoms with van der Waals surface area (Å²) in [5, 5.41) is 0. The third-order valence-electron chi connectivity index (χ3n) is 4.52. The van der Waals surface area contributed by atoms with E-state index in [1.807, 2.05) is 30.3 Å². The molecule has 0 saturated heterocycles. The Morgan fingerprint density at radius 3 is 2.54 bits per heavy atom. The number of carbonyl (C=O) groups excluding carboxylic acids is 1. The molecule has 1 aliphatic heterocycles. The van der Waals surface area contributed by atoms with Crippen LogP contribution in [-0.2, 0) is 27.7 Å². The van der Waals surface area contributed by atoms with Crippen molar-refractivity contribution in [3.63, 3.8) is 0 Å². The quantitative estimate of drug-likeness (QED) is 0.843. The fraction of sp³-hybridized carbons (Fsp3) is 0.316. The van der Waals surface area contributed by atoms with Crippen molar-refractivity contribution in [1.29, 1.82) is 0 Å². The van der Waals surface area contributed by atoms with E-state index in [9.17, 15) is 13.2 Å². The van der Waals surface area contributed by atoms with Crippen molar-refractivity contribution >= 4 is 27.3 Å². The fourth-order valence-electron chi connectivity index (χ4n) is 3.00. The maximum atomic E-state index is 12.4. The molecule has 6 nitrogen and oxygen atoms in total. The van der Waals surface area contributed by atoms with Gasteiger partial charge in [0.2, 0.25) is 15.9 Å². The Hall–Kier alpha value is -2.54. The number of aryl methyl sites for hydroxylation is 2. The molecule has 1 aliphatic rings. The average molecular weight is 374 g/mol. The summed E-state index contributed by atoms with van der Waals surface area (Å²) in [6.07, 6.45) is 1.48. The van der Waals surface area contributed by atoms with Crippen molar-refractivity contribution < 1.29 is 17.9 Å². The van der Waals surface area contributed by atoms with Crippen LogP contribution in [0.1, 0.15) is 17.5 Å². The second-order valence-electron chi connectivity index (χ2n) is 6.32. The summed E-state index contributed by atoms with van der Waals surface area (Å²) in [4.78, 5) is 13.3. The van der Waals surface area contributed by atoms with Crippen LogP contribution in [0.5, 0.6) is 5.75 Å². The lowest BCUT2D eigenvalue weighted by molar-refractivity contribution is -0.118. The standard InChI is InChI=1S/C19H22N2O4S/c1-21-18-9-6-16(13-15(18)5-10-19(21)22)20-26(23,24)12-11-14-3-7-17(25-2)8-4-14/h3-4,6-9,13,20H,5,10-12H2,1-2H3. The van der Waals surface area contributed by atoms with Crippen molar-refractivity contribution in [1.82, 2.24) is 0 Å². The first kappa shape index (κ1) is 18.3. The Labute approximate surface area is 153 Å². The summed E-state index contributed by atoms with van der Waals surface area (Å²) < 4.78 is 32.5. The molecule has 138 valence electrons. The molecule has 0 unspecified atom stereocenters. The van der Waals surface area contributed by atoms with E-state index in [0.717, 1.165) is 22.6 Å². The van der Waals surface area contributed by atoms with Gasteiger partial charge in [0.1, 0.15) is 5.75 Å². The Kier molecular flexibility index (Phi) is 5.18. The van der Waals surface area contributed by atoms with Crippen LogP contribution < -0.4 is 14.4 Å². The number of sulfonamides is 1. The number of amides is 1. The van der Waals surface area contributed by atoms with Crippen molar-refractivity contribution in [3.8, 4) is 5.75 Å². The number of carbonyl (C=O) groups is 1. The first-order valence-corrected chi connectivity index (χ1v) is 10.1. The van der Waals surface area contributed by atoms with E-state index in [1.54, 1.807) is 31.2 Å². The van der Waals surface area contributed by atoms with Crippen LogP contribution in [-0.4, -0.2) is 34.2 Å². The summed E-state index contributed by atoms with van der Waals surface area (Å²) in [6, 6.07) is 12.6. The molecule has 0 aromatic heterocycles. The van der Waals surface area contributed by atoms with Gasteiger partial charge in [-0.2, -0.15) is 0 Å². The van der Waals surface area contributed by atoms with Gasteiger partial charge in [-0.1, -0.05) is 12.1 Å². The maximum absolute atomic E-state index is 12.4. The van der Waals surface area contributed by atoms with E-state index >= 15 is 0 Å². The first-order chi connectivity index (χ1) is 12.4. The molecule has 0 atom stereocenters. The smallest absolute Gasteiger partial charge is 0.233 e. The summed E-state index contributed by atoms with van der Waals surface area (Å²) >= 11 is 0. The van der Waals surface area contributed by atoms with Crippen LogP contribution >= 0.6 is 0 Å². The number of methoxy groups -OCH3 is 1. The summed E-state index contributed by atoms with van der Waals surface area (Å²) in [7, 11) is -0.133. The number of nitrogens with zero attached hydrogens (tertiary/aromatic N) is 1. The highest BCUT2D eigenvalue weighted by Gasteiger charge is 2.21. The van der Waals surface area contributed by atoms with Crippen molar-refractivity contribution in [2.24, 2.45) is 0 Å². The van der Waals surface area contributed by atoms with E-state index < -0.39 is 10.0 Å². The van der Waals surface area contributed by atoms with Gasteiger partial charge in [0, 0.05) is 24.8 Å². The SMILES string of the molecule is COc1ccc(CCS(=O)(=O)Nc2ccc3c(c2)CCC(=O)N3C)cc1. The molecular formula is C19H22N2O4S. The third kappa shape index (κ3) is 4.16. The van der Waals surface area contributed by atoms with Crippen molar-refractivity contribution in [3.05, 3.63) is 53.6 Å². The molecule has 2 aromatic rings. The molecule has 0 radical (unpaired) electrons. The topological polar surface area (TPSA) is 75.7 Å². The largest absolute Gasteiger partial charge is 0.497 e. The van der Waals surface area contributed by atoms with Gasteiger partial charge in [-0.3, -0.25) is 9.52 Å². The Morgan fingerprint density at radius 2 is 1.85 bits per heavy atom. The number of hydrogen-bond donors (Lipinski definition) is 1. The fourth-order valence-corrected chi connectivity index (χ4v) is 4.09. The van der Waals surface area contributed by atoms with E-state index in [-0.39, 0.29) is 11.7 Å². The lowest BCUT2D eigenvalue weighted by Crippen LogP contribution is -2.31. The van der Waals surface area contributed by atoms with E-state index in [1.165, 1.54) is 0 Å². The number of ether oxygens (including phenoxy) is 1. The third-order valence-corrected chi connectivity index (χ3v) is 5.80. The Balaban J connectivity index is 1.66. The van der Waals surface area contributed by atoms with Crippen LogP contribution in [0.4, 0.5) is 11.4 Å². The van der Waals surface area contributed by atoms with Crippen LogP contribution in [0.3, 0.4) is 0 Å². The molecule has 0 bridgehead atoms. The highest BCUT2D eigenvalue weighted by Crippen LogP contribution is 2.29. The van der Waals surface area contributed by atoms with Gasteiger partial charge in [0.25, 0.3) is 0 Å². The number of anilines is 2. The monoisotopic (exact) mass is 374 g/mol. The van der Waals surface area contributed by atoms with Crippen LogP contribution in [0, 0.1) is 0 Å². The Morgan fingerprint density at radius 1 is 1.12 bits per heavy atom. The minimum absolute atomic E-state index is 0.00516. The first-order valence-electron chi connectivity index (χ1n) is 8.41. The molecule has 1 N–H and O–H groups in total. The zero-order chi connectivity index (χ0) is 18.7. The molecule has 26 heavy (non-hydrogen) atoms. The second-order valence-corrected chi connectivity index (χ2v) is 8.16. The molecule has 0 aliphatic carbocycles. The minimum atomic E-state index is -3.46. The molecule has 7 heteroatoms. The average Bonchev–Trinajstić information content (AvgIpc) is 2.63. The lowest BCUT2D eigenvalue weighted by atomic mass is 10.0. The lowest BCUT2D eigenvalue weighted by Gasteiger charge is -2.26. The second kappa shape index (κ2) is 7.37. The van der Waals surface area contributed by atoms with Gasteiger partial charge in [-0.15, -0.1) is 0 Å². The van der Waals surface area contributed by atoms with Crippen LogP contribution in [0.25, 0.3) is 0 Å².